The molecule has 6 nitrogen and oxygen atoms in total. The molecule has 0 fully saturated rings. The lowest BCUT2D eigenvalue weighted by molar-refractivity contribution is -0.138. The molecule has 1 unspecified atom stereocenters. The van der Waals surface area contributed by atoms with Crippen LogP contribution in [0.4, 0.5) is 24.5 Å². The molecule has 1 atom stereocenters. The van der Waals surface area contributed by atoms with Gasteiger partial charge in [-0.05, 0) is 63.1 Å². The van der Waals surface area contributed by atoms with E-state index in [0.717, 1.165) is 23.3 Å². The first-order valence-corrected chi connectivity index (χ1v) is 9.45. The molecule has 31 heavy (non-hydrogen) atoms. The first kappa shape index (κ1) is 22.5. The second-order valence-electron chi connectivity index (χ2n) is 7.56. The minimum atomic E-state index is -4.60. The van der Waals surface area contributed by atoms with Crippen molar-refractivity contribution in [2.24, 2.45) is 5.84 Å². The van der Waals surface area contributed by atoms with Gasteiger partial charge in [0.25, 0.3) is 11.8 Å². The predicted octanol–water partition coefficient (Wildman–Crippen LogP) is 3.81. The lowest BCUT2D eigenvalue weighted by Crippen LogP contribution is -2.42. The molecular weight excluding hydrogens is 411 g/mol. The number of nitrogens with zero attached hydrogens (tertiary/aromatic N) is 2. The third kappa shape index (κ3) is 4.06. The van der Waals surface area contributed by atoms with Crippen molar-refractivity contribution in [3.63, 3.8) is 0 Å². The number of aryl methyl sites for hydroxylation is 2. The smallest absolute Gasteiger partial charge is 0.383 e. The summed E-state index contributed by atoms with van der Waals surface area (Å²) in [5.41, 5.74) is 1.41. The summed E-state index contributed by atoms with van der Waals surface area (Å²) in [7, 11) is 0. The van der Waals surface area contributed by atoms with E-state index < -0.39 is 29.7 Å². The highest BCUT2D eigenvalue weighted by atomic mass is 19.4. The van der Waals surface area contributed by atoms with Gasteiger partial charge in [-0.2, -0.15) is 13.2 Å². The van der Waals surface area contributed by atoms with E-state index in [1.54, 1.807) is 12.1 Å². The molecule has 0 spiro atoms. The van der Waals surface area contributed by atoms with Gasteiger partial charge in [0.05, 0.1) is 16.8 Å². The molecule has 0 saturated heterocycles. The van der Waals surface area contributed by atoms with Gasteiger partial charge < -0.3 is 5.11 Å². The zero-order valence-electron chi connectivity index (χ0n) is 17.4. The maximum absolute atomic E-state index is 13.4. The van der Waals surface area contributed by atoms with E-state index >= 15 is 0 Å². The Labute approximate surface area is 177 Å². The van der Waals surface area contributed by atoms with Crippen molar-refractivity contribution in [2.75, 3.05) is 4.90 Å². The molecule has 0 bridgehead atoms. The fraction of sp³-hybridized carbons (Fsp3) is 0.273. The Morgan fingerprint density at radius 3 is 2.23 bits per heavy atom. The van der Waals surface area contributed by atoms with Crippen LogP contribution in [0.2, 0.25) is 0 Å². The quantitative estimate of drug-likeness (QED) is 0.334. The predicted molar refractivity (Wildman–Crippen MR) is 110 cm³/mol. The first-order chi connectivity index (χ1) is 14.3. The average molecular weight is 433 g/mol. The zero-order valence-corrected chi connectivity index (χ0v) is 17.4. The number of allylic oxidation sites excluding steroid dienone is 1. The molecule has 3 rings (SSSR count). The number of nitrogens with two attached hydrogens (primary N) is 1. The largest absolute Gasteiger partial charge is 0.416 e. The minimum absolute atomic E-state index is 0.0145. The SMILES string of the molecule is C/C(=C1/C(=O)N(c2cc(C)cc(C)c2)c2cc(C(F)(F)F)ccc21)N(N)C(=O)C(C)O. The van der Waals surface area contributed by atoms with Gasteiger partial charge in [0.2, 0.25) is 0 Å². The van der Waals surface area contributed by atoms with Crippen molar-refractivity contribution >= 4 is 28.8 Å². The summed E-state index contributed by atoms with van der Waals surface area (Å²) < 4.78 is 40.1. The molecule has 3 N–H and O–H groups in total. The third-order valence-corrected chi connectivity index (χ3v) is 5.03. The summed E-state index contributed by atoms with van der Waals surface area (Å²) in [4.78, 5) is 26.7. The molecule has 2 aromatic rings. The van der Waals surface area contributed by atoms with Crippen LogP contribution in [0.3, 0.4) is 0 Å². The second kappa shape index (κ2) is 7.82. The van der Waals surface area contributed by atoms with Crippen LogP contribution in [-0.4, -0.2) is 28.0 Å². The zero-order chi connectivity index (χ0) is 23.2. The summed E-state index contributed by atoms with van der Waals surface area (Å²) in [6.45, 7) is 6.26. The Morgan fingerprint density at radius 2 is 1.71 bits per heavy atom. The molecule has 0 aliphatic carbocycles. The molecule has 0 radical (unpaired) electrons. The highest BCUT2D eigenvalue weighted by molar-refractivity contribution is 6.35. The topological polar surface area (TPSA) is 86.9 Å². The Bertz CT molecular complexity index is 1090. The van der Waals surface area contributed by atoms with Gasteiger partial charge >= 0.3 is 6.18 Å². The lowest BCUT2D eigenvalue weighted by Gasteiger charge is -2.21. The van der Waals surface area contributed by atoms with E-state index in [2.05, 4.69) is 0 Å². The van der Waals surface area contributed by atoms with E-state index in [9.17, 15) is 27.9 Å². The van der Waals surface area contributed by atoms with Crippen molar-refractivity contribution in [1.29, 1.82) is 0 Å². The molecule has 9 heteroatoms. The van der Waals surface area contributed by atoms with Crippen LogP contribution < -0.4 is 10.7 Å². The molecule has 2 amide bonds. The number of rotatable bonds is 3. The van der Waals surface area contributed by atoms with Crippen molar-refractivity contribution in [2.45, 2.75) is 40.0 Å². The molecule has 1 aliphatic heterocycles. The van der Waals surface area contributed by atoms with Gasteiger partial charge in [0.1, 0.15) is 6.10 Å². The average Bonchev–Trinajstić information content (AvgIpc) is 2.95. The number of aliphatic hydroxyl groups is 1. The number of benzene rings is 2. The number of anilines is 2. The van der Waals surface area contributed by atoms with Crippen molar-refractivity contribution in [3.05, 3.63) is 64.3 Å². The Balaban J connectivity index is 2.28. The van der Waals surface area contributed by atoms with Crippen LogP contribution in [-0.2, 0) is 15.8 Å². The number of carbonyl (C=O) groups excluding carboxylic acids is 2. The summed E-state index contributed by atoms with van der Waals surface area (Å²) in [6.07, 6.45) is -6.02. The van der Waals surface area contributed by atoms with Gasteiger partial charge in [0, 0.05) is 16.9 Å². The minimum Gasteiger partial charge on any atom is -0.383 e. The van der Waals surface area contributed by atoms with E-state index in [1.807, 2.05) is 19.9 Å². The fourth-order valence-electron chi connectivity index (χ4n) is 3.61. The fourth-order valence-corrected chi connectivity index (χ4v) is 3.61. The second-order valence-corrected chi connectivity index (χ2v) is 7.56. The highest BCUT2D eigenvalue weighted by Crippen LogP contribution is 2.45. The standard InChI is InChI=1S/C22H22F3N3O3/c1-11-7-12(2)9-16(8-11)27-18-10-15(22(23,24)25)5-6-17(18)19(21(27)31)13(3)28(26)20(30)14(4)29/h5-10,14,29H,26H2,1-4H3/b19-13-. The molecule has 0 saturated carbocycles. The van der Waals surface area contributed by atoms with E-state index in [4.69, 9.17) is 5.84 Å². The maximum Gasteiger partial charge on any atom is 0.416 e. The number of aliphatic hydroxyl groups excluding tert-OH is 1. The van der Waals surface area contributed by atoms with E-state index in [-0.39, 0.29) is 22.5 Å². The number of carbonyl (C=O) groups is 2. The van der Waals surface area contributed by atoms with E-state index in [0.29, 0.717) is 10.7 Å². The van der Waals surface area contributed by atoms with Crippen LogP contribution >= 0.6 is 0 Å². The monoisotopic (exact) mass is 433 g/mol. The lowest BCUT2D eigenvalue weighted by atomic mass is 10.0. The van der Waals surface area contributed by atoms with Crippen molar-refractivity contribution in [3.8, 4) is 0 Å². The van der Waals surface area contributed by atoms with Crippen LogP contribution in [0.15, 0.2) is 42.1 Å². The molecule has 164 valence electrons. The van der Waals surface area contributed by atoms with Crippen LogP contribution in [0, 0.1) is 13.8 Å². The van der Waals surface area contributed by atoms with Gasteiger partial charge in [-0.15, -0.1) is 0 Å². The van der Waals surface area contributed by atoms with Crippen LogP contribution in [0.5, 0.6) is 0 Å². The molecule has 1 heterocycles. The molecule has 1 aliphatic rings. The summed E-state index contributed by atoms with van der Waals surface area (Å²) >= 11 is 0. The number of alkyl halides is 3. The third-order valence-electron chi connectivity index (χ3n) is 5.03. The van der Waals surface area contributed by atoms with Gasteiger partial charge in [-0.1, -0.05) is 12.1 Å². The van der Waals surface area contributed by atoms with Crippen LogP contribution in [0.1, 0.15) is 36.1 Å². The Kier molecular flexibility index (Phi) is 5.68. The molecular formula is C22H22F3N3O3. The molecule has 0 aromatic heterocycles. The molecule has 2 aromatic carbocycles. The van der Waals surface area contributed by atoms with Gasteiger partial charge in [-0.3, -0.25) is 14.5 Å². The number of fused-ring (bicyclic) bond motifs is 1. The van der Waals surface area contributed by atoms with E-state index in [1.165, 1.54) is 24.8 Å². The maximum atomic E-state index is 13.4. The Hall–Kier alpha value is -3.17. The number of hydrogen-bond acceptors (Lipinski definition) is 4. The number of halogens is 3. The van der Waals surface area contributed by atoms with Crippen LogP contribution in [0.25, 0.3) is 5.57 Å². The summed E-state index contributed by atoms with van der Waals surface area (Å²) in [6, 6.07) is 8.23. The Morgan fingerprint density at radius 1 is 1.13 bits per heavy atom. The summed E-state index contributed by atoms with van der Waals surface area (Å²) in [5.74, 6) is 4.34. The van der Waals surface area contributed by atoms with Crippen molar-refractivity contribution in [1.82, 2.24) is 5.01 Å². The normalized spacial score (nSPS) is 16.3. The van der Waals surface area contributed by atoms with Gasteiger partial charge in [-0.25, -0.2) is 10.9 Å². The number of amides is 2. The van der Waals surface area contributed by atoms with Crippen molar-refractivity contribution < 1.29 is 27.9 Å². The number of hydrazine groups is 1. The van der Waals surface area contributed by atoms with Gasteiger partial charge in [0.15, 0.2) is 0 Å². The summed E-state index contributed by atoms with van der Waals surface area (Å²) in [5, 5.41) is 10.2. The number of hydrogen-bond donors (Lipinski definition) is 2. The first-order valence-electron chi connectivity index (χ1n) is 9.45. The highest BCUT2D eigenvalue weighted by Gasteiger charge is 2.40.